The molecule has 0 radical (unpaired) electrons. The molecule has 0 atom stereocenters. The van der Waals surface area contributed by atoms with E-state index in [1.807, 2.05) is 29.1 Å². The Balaban J connectivity index is 1.48. The average molecular weight is 330 g/mol. The number of carbonyl (C=O) groups is 1. The van der Waals surface area contributed by atoms with Gasteiger partial charge in [-0.1, -0.05) is 0 Å². The number of aromatic nitrogens is 3. The zero-order chi connectivity index (χ0) is 16.6. The monoisotopic (exact) mass is 330 g/mol. The molecular weight excluding hydrogens is 308 g/mol. The molecule has 0 unspecified atom stereocenters. The molecule has 0 saturated carbocycles. The molecule has 3 heterocycles. The van der Waals surface area contributed by atoms with Crippen LogP contribution in [0.5, 0.6) is 0 Å². The first-order valence-corrected chi connectivity index (χ1v) is 8.13. The van der Waals surface area contributed by atoms with E-state index in [0.29, 0.717) is 25.4 Å². The zero-order valence-electron chi connectivity index (χ0n) is 13.5. The molecule has 2 aromatic heterocycles. The summed E-state index contributed by atoms with van der Waals surface area (Å²) in [4.78, 5) is 18.6. The van der Waals surface area contributed by atoms with Crippen molar-refractivity contribution in [2.45, 2.75) is 13.0 Å². The number of urea groups is 1. The normalized spacial score (nSPS) is 14.4. The smallest absolute Gasteiger partial charge is 0.319 e. The molecule has 1 aliphatic rings. The molecule has 2 aromatic rings. The predicted octanol–water partition coefficient (Wildman–Crippen LogP) is 1.33. The Bertz CT molecular complexity index is 640. The van der Waals surface area contributed by atoms with Gasteiger partial charge in [-0.15, -0.1) is 0 Å². The summed E-state index contributed by atoms with van der Waals surface area (Å²) in [6.45, 7) is 4.26. The molecule has 2 N–H and O–H groups in total. The van der Waals surface area contributed by atoms with Gasteiger partial charge < -0.3 is 20.3 Å². The van der Waals surface area contributed by atoms with Crippen molar-refractivity contribution in [1.29, 1.82) is 0 Å². The van der Waals surface area contributed by atoms with Gasteiger partial charge in [-0.05, 0) is 24.6 Å². The molecular formula is C16H22N6O2. The molecule has 1 aliphatic heterocycles. The number of morpholine rings is 1. The quantitative estimate of drug-likeness (QED) is 0.781. The number of hydrogen-bond donors (Lipinski definition) is 2. The van der Waals surface area contributed by atoms with E-state index in [-0.39, 0.29) is 6.03 Å². The summed E-state index contributed by atoms with van der Waals surface area (Å²) >= 11 is 0. The maximum atomic E-state index is 12.1. The fraction of sp³-hybridized carbons (Fsp3) is 0.438. The van der Waals surface area contributed by atoms with Crippen LogP contribution in [-0.4, -0.2) is 53.6 Å². The lowest BCUT2D eigenvalue weighted by Gasteiger charge is -2.29. The van der Waals surface area contributed by atoms with Crippen LogP contribution < -0.4 is 15.5 Å². The molecule has 0 bridgehead atoms. The van der Waals surface area contributed by atoms with Crippen LogP contribution in [0.4, 0.5) is 16.3 Å². The van der Waals surface area contributed by atoms with Crippen LogP contribution in [-0.2, 0) is 11.3 Å². The first kappa shape index (κ1) is 16.3. The fourth-order valence-corrected chi connectivity index (χ4v) is 2.56. The minimum Gasteiger partial charge on any atom is -0.378 e. The molecule has 0 spiro atoms. The van der Waals surface area contributed by atoms with Crippen molar-refractivity contribution in [3.8, 4) is 0 Å². The first-order chi connectivity index (χ1) is 11.8. The third kappa shape index (κ3) is 4.45. The molecule has 1 saturated heterocycles. The van der Waals surface area contributed by atoms with Crippen molar-refractivity contribution < 1.29 is 9.53 Å². The molecule has 24 heavy (non-hydrogen) atoms. The fourth-order valence-electron chi connectivity index (χ4n) is 2.56. The van der Waals surface area contributed by atoms with Gasteiger partial charge in [-0.25, -0.2) is 9.78 Å². The number of aryl methyl sites for hydroxylation is 1. The summed E-state index contributed by atoms with van der Waals surface area (Å²) in [6, 6.07) is 5.34. The summed E-state index contributed by atoms with van der Waals surface area (Å²) in [5.74, 6) is 0.785. The topological polar surface area (TPSA) is 84.3 Å². The van der Waals surface area contributed by atoms with Gasteiger partial charge in [0.25, 0.3) is 0 Å². The van der Waals surface area contributed by atoms with Crippen LogP contribution in [0.2, 0.25) is 0 Å². The summed E-state index contributed by atoms with van der Waals surface area (Å²) in [6.07, 6.45) is 6.20. The van der Waals surface area contributed by atoms with Crippen molar-refractivity contribution in [1.82, 2.24) is 20.1 Å². The highest BCUT2D eigenvalue weighted by atomic mass is 16.5. The highest BCUT2D eigenvalue weighted by molar-refractivity contribution is 5.92. The van der Waals surface area contributed by atoms with Crippen LogP contribution in [0.15, 0.2) is 36.8 Å². The van der Waals surface area contributed by atoms with E-state index in [9.17, 15) is 4.79 Å². The van der Waals surface area contributed by atoms with E-state index >= 15 is 0 Å². The number of ether oxygens (including phenoxy) is 1. The van der Waals surface area contributed by atoms with Crippen LogP contribution >= 0.6 is 0 Å². The maximum absolute atomic E-state index is 12.1. The molecule has 3 rings (SSSR count). The lowest BCUT2D eigenvalue weighted by molar-refractivity contribution is 0.122. The number of rotatable bonds is 6. The number of anilines is 2. The Labute approximate surface area is 140 Å². The van der Waals surface area contributed by atoms with Gasteiger partial charge >= 0.3 is 6.03 Å². The number of pyridine rings is 1. The van der Waals surface area contributed by atoms with E-state index in [1.54, 1.807) is 12.4 Å². The van der Waals surface area contributed by atoms with E-state index in [1.165, 1.54) is 0 Å². The number of amides is 2. The Hall–Kier alpha value is -2.61. The van der Waals surface area contributed by atoms with Gasteiger partial charge in [0.1, 0.15) is 0 Å². The minimum absolute atomic E-state index is 0.224. The van der Waals surface area contributed by atoms with Gasteiger partial charge in [-0.3, -0.25) is 4.68 Å². The van der Waals surface area contributed by atoms with Crippen molar-refractivity contribution >= 4 is 17.5 Å². The van der Waals surface area contributed by atoms with Gasteiger partial charge in [0.05, 0.1) is 18.9 Å². The highest BCUT2D eigenvalue weighted by Gasteiger charge is 2.16. The van der Waals surface area contributed by atoms with Crippen molar-refractivity contribution in [3.05, 3.63) is 36.8 Å². The Morgan fingerprint density at radius 2 is 2.12 bits per heavy atom. The SMILES string of the molecule is O=C(NCCCn1cccn1)Nc1cccnc1N1CCOCC1. The van der Waals surface area contributed by atoms with Crippen LogP contribution in [0, 0.1) is 0 Å². The van der Waals surface area contributed by atoms with Crippen molar-refractivity contribution in [3.63, 3.8) is 0 Å². The second kappa shape index (κ2) is 8.30. The van der Waals surface area contributed by atoms with E-state index in [2.05, 4.69) is 25.6 Å². The average Bonchev–Trinajstić information content (AvgIpc) is 3.13. The molecule has 0 aromatic carbocycles. The van der Waals surface area contributed by atoms with Crippen LogP contribution in [0.3, 0.4) is 0 Å². The summed E-state index contributed by atoms with van der Waals surface area (Å²) in [5.41, 5.74) is 0.712. The Morgan fingerprint density at radius 3 is 2.92 bits per heavy atom. The lowest BCUT2D eigenvalue weighted by Crippen LogP contribution is -2.38. The molecule has 0 aliphatic carbocycles. The number of carbonyl (C=O) groups excluding carboxylic acids is 1. The van der Waals surface area contributed by atoms with E-state index in [0.717, 1.165) is 31.9 Å². The van der Waals surface area contributed by atoms with Gasteiger partial charge in [0, 0.05) is 44.8 Å². The van der Waals surface area contributed by atoms with Crippen LogP contribution in [0.1, 0.15) is 6.42 Å². The standard InChI is InChI=1S/C16H22N6O2/c23-16(18-6-2-8-22-9-3-7-19-22)20-14-4-1-5-17-15(14)21-10-12-24-13-11-21/h1,3-5,7,9H,2,6,8,10-13H2,(H2,18,20,23). The van der Waals surface area contributed by atoms with E-state index in [4.69, 9.17) is 4.74 Å². The lowest BCUT2D eigenvalue weighted by atomic mass is 10.3. The number of nitrogens with zero attached hydrogens (tertiary/aromatic N) is 4. The molecule has 1 fully saturated rings. The third-order valence-corrected chi connectivity index (χ3v) is 3.75. The van der Waals surface area contributed by atoms with Crippen LogP contribution in [0.25, 0.3) is 0 Å². The summed E-state index contributed by atoms with van der Waals surface area (Å²) < 4.78 is 7.21. The predicted molar refractivity (Wildman–Crippen MR) is 91.1 cm³/mol. The Morgan fingerprint density at radius 1 is 1.25 bits per heavy atom. The number of nitrogens with one attached hydrogen (secondary N) is 2. The summed E-state index contributed by atoms with van der Waals surface area (Å²) in [5, 5.41) is 9.87. The first-order valence-electron chi connectivity index (χ1n) is 8.13. The van der Waals surface area contributed by atoms with E-state index < -0.39 is 0 Å². The van der Waals surface area contributed by atoms with Crippen molar-refractivity contribution in [2.75, 3.05) is 43.1 Å². The molecule has 128 valence electrons. The van der Waals surface area contributed by atoms with Gasteiger partial charge in [0.15, 0.2) is 5.82 Å². The summed E-state index contributed by atoms with van der Waals surface area (Å²) in [7, 11) is 0. The maximum Gasteiger partial charge on any atom is 0.319 e. The largest absolute Gasteiger partial charge is 0.378 e. The highest BCUT2D eigenvalue weighted by Crippen LogP contribution is 2.23. The molecule has 2 amide bonds. The number of hydrogen-bond acceptors (Lipinski definition) is 5. The second-order valence-electron chi connectivity index (χ2n) is 5.48. The molecule has 8 nitrogen and oxygen atoms in total. The second-order valence-corrected chi connectivity index (χ2v) is 5.48. The zero-order valence-corrected chi connectivity index (χ0v) is 13.5. The van der Waals surface area contributed by atoms with Gasteiger partial charge in [-0.2, -0.15) is 5.10 Å². The minimum atomic E-state index is -0.224. The Kier molecular flexibility index (Phi) is 5.62. The molecule has 8 heteroatoms. The third-order valence-electron chi connectivity index (χ3n) is 3.75. The van der Waals surface area contributed by atoms with Crippen molar-refractivity contribution in [2.24, 2.45) is 0 Å². The van der Waals surface area contributed by atoms with Gasteiger partial charge in [0.2, 0.25) is 0 Å².